The standard InChI is InChI=1S/C10H19NO4/c1-8(2)14-3-4-15-10(5-9(12)13)6-11-7-10/h8,11H,3-7H2,1-2H3,(H,12,13). The van der Waals surface area contributed by atoms with E-state index >= 15 is 0 Å². The Bertz CT molecular complexity index is 213. The van der Waals surface area contributed by atoms with Crippen molar-refractivity contribution < 1.29 is 19.4 Å². The predicted molar refractivity (Wildman–Crippen MR) is 54.9 cm³/mol. The average Bonchev–Trinajstić information content (AvgIpc) is 2.06. The fourth-order valence-corrected chi connectivity index (χ4v) is 1.50. The fraction of sp³-hybridized carbons (Fsp3) is 0.900. The number of aliphatic carboxylic acids is 1. The van der Waals surface area contributed by atoms with Gasteiger partial charge in [0, 0.05) is 13.1 Å². The molecule has 5 heteroatoms. The summed E-state index contributed by atoms with van der Waals surface area (Å²) in [6, 6.07) is 0. The van der Waals surface area contributed by atoms with Gasteiger partial charge in [0.05, 0.1) is 25.7 Å². The third kappa shape index (κ3) is 4.15. The lowest BCUT2D eigenvalue weighted by Gasteiger charge is -2.41. The molecule has 0 spiro atoms. The second-order valence-corrected chi connectivity index (χ2v) is 4.13. The molecule has 1 aliphatic heterocycles. The molecule has 0 unspecified atom stereocenters. The van der Waals surface area contributed by atoms with Gasteiger partial charge in [-0.2, -0.15) is 0 Å². The van der Waals surface area contributed by atoms with Gasteiger partial charge in [-0.05, 0) is 13.8 Å². The van der Waals surface area contributed by atoms with Crippen molar-refractivity contribution in [1.29, 1.82) is 0 Å². The summed E-state index contributed by atoms with van der Waals surface area (Å²) in [6.07, 6.45) is 0.241. The number of hydrogen-bond donors (Lipinski definition) is 2. The zero-order valence-electron chi connectivity index (χ0n) is 9.28. The molecule has 0 bridgehead atoms. The minimum atomic E-state index is -0.818. The van der Waals surface area contributed by atoms with E-state index in [4.69, 9.17) is 14.6 Å². The molecule has 1 rings (SSSR count). The molecular weight excluding hydrogens is 198 g/mol. The first-order valence-corrected chi connectivity index (χ1v) is 5.22. The number of nitrogens with one attached hydrogen (secondary N) is 1. The van der Waals surface area contributed by atoms with Crippen molar-refractivity contribution in [2.75, 3.05) is 26.3 Å². The highest BCUT2D eigenvalue weighted by Crippen LogP contribution is 2.21. The van der Waals surface area contributed by atoms with Gasteiger partial charge in [0.25, 0.3) is 0 Å². The molecular formula is C10H19NO4. The molecule has 0 aliphatic carbocycles. The number of carboxylic acid groups (broad SMARTS) is 1. The summed E-state index contributed by atoms with van der Waals surface area (Å²) in [7, 11) is 0. The lowest BCUT2D eigenvalue weighted by Crippen LogP contribution is -2.62. The van der Waals surface area contributed by atoms with Crippen LogP contribution in [-0.4, -0.2) is 49.1 Å². The van der Waals surface area contributed by atoms with Crippen LogP contribution in [0.2, 0.25) is 0 Å². The van der Waals surface area contributed by atoms with Gasteiger partial charge in [-0.1, -0.05) is 0 Å². The molecule has 2 N–H and O–H groups in total. The molecule has 0 aromatic rings. The molecule has 0 amide bonds. The Balaban J connectivity index is 2.19. The van der Waals surface area contributed by atoms with Gasteiger partial charge >= 0.3 is 5.97 Å². The summed E-state index contributed by atoms with van der Waals surface area (Å²) < 4.78 is 10.9. The first-order valence-electron chi connectivity index (χ1n) is 5.22. The molecule has 1 heterocycles. The highest BCUT2D eigenvalue weighted by molar-refractivity contribution is 5.68. The molecule has 5 nitrogen and oxygen atoms in total. The van der Waals surface area contributed by atoms with Crippen LogP contribution in [0.4, 0.5) is 0 Å². The van der Waals surface area contributed by atoms with Gasteiger partial charge in [0.15, 0.2) is 0 Å². The van der Waals surface area contributed by atoms with Gasteiger partial charge in [-0.3, -0.25) is 4.79 Å². The Labute approximate surface area is 89.8 Å². The SMILES string of the molecule is CC(C)OCCOC1(CC(=O)O)CNC1. The van der Waals surface area contributed by atoms with E-state index in [9.17, 15) is 4.79 Å². The van der Waals surface area contributed by atoms with Gasteiger partial charge < -0.3 is 19.9 Å². The lowest BCUT2D eigenvalue weighted by atomic mass is 9.93. The van der Waals surface area contributed by atoms with Gasteiger partial charge in [-0.15, -0.1) is 0 Å². The van der Waals surface area contributed by atoms with E-state index in [1.54, 1.807) is 0 Å². The molecule has 0 atom stereocenters. The Morgan fingerprint density at radius 2 is 2.13 bits per heavy atom. The van der Waals surface area contributed by atoms with Crippen LogP contribution in [0.1, 0.15) is 20.3 Å². The third-order valence-corrected chi connectivity index (χ3v) is 2.31. The van der Waals surface area contributed by atoms with E-state index in [-0.39, 0.29) is 12.5 Å². The van der Waals surface area contributed by atoms with Crippen LogP contribution in [0, 0.1) is 0 Å². The van der Waals surface area contributed by atoms with E-state index < -0.39 is 11.6 Å². The summed E-state index contributed by atoms with van der Waals surface area (Å²) in [5, 5.41) is 11.7. The monoisotopic (exact) mass is 217 g/mol. The minimum Gasteiger partial charge on any atom is -0.481 e. The maximum Gasteiger partial charge on any atom is 0.306 e. The normalized spacial score (nSPS) is 18.9. The van der Waals surface area contributed by atoms with Crippen molar-refractivity contribution in [2.24, 2.45) is 0 Å². The van der Waals surface area contributed by atoms with E-state index in [1.165, 1.54) is 0 Å². The highest BCUT2D eigenvalue weighted by atomic mass is 16.5. The van der Waals surface area contributed by atoms with E-state index in [0.29, 0.717) is 26.3 Å². The average molecular weight is 217 g/mol. The number of rotatable bonds is 7. The maximum absolute atomic E-state index is 10.6. The molecule has 0 aromatic heterocycles. The number of ether oxygens (including phenoxy) is 2. The van der Waals surface area contributed by atoms with Crippen molar-refractivity contribution in [2.45, 2.75) is 32.0 Å². The van der Waals surface area contributed by atoms with Crippen LogP contribution < -0.4 is 5.32 Å². The third-order valence-electron chi connectivity index (χ3n) is 2.31. The van der Waals surface area contributed by atoms with Crippen molar-refractivity contribution in [3.63, 3.8) is 0 Å². The van der Waals surface area contributed by atoms with E-state index in [0.717, 1.165) is 0 Å². The molecule has 15 heavy (non-hydrogen) atoms. The Hall–Kier alpha value is -0.650. The van der Waals surface area contributed by atoms with Crippen molar-refractivity contribution in [1.82, 2.24) is 5.32 Å². The first kappa shape index (κ1) is 12.4. The highest BCUT2D eigenvalue weighted by Gasteiger charge is 2.40. The second-order valence-electron chi connectivity index (χ2n) is 4.13. The van der Waals surface area contributed by atoms with Crippen molar-refractivity contribution in [3.8, 4) is 0 Å². The molecule has 1 fully saturated rings. The lowest BCUT2D eigenvalue weighted by molar-refractivity contribution is -0.152. The topological polar surface area (TPSA) is 67.8 Å². The van der Waals surface area contributed by atoms with Crippen LogP contribution >= 0.6 is 0 Å². The van der Waals surface area contributed by atoms with Crippen LogP contribution in [0.3, 0.4) is 0 Å². The summed E-state index contributed by atoms with van der Waals surface area (Å²) in [6.45, 7) is 6.10. The van der Waals surface area contributed by atoms with Gasteiger partial charge in [-0.25, -0.2) is 0 Å². The van der Waals surface area contributed by atoms with Crippen molar-refractivity contribution >= 4 is 5.97 Å². The van der Waals surface area contributed by atoms with Gasteiger partial charge in [0.2, 0.25) is 0 Å². The Morgan fingerprint density at radius 1 is 1.47 bits per heavy atom. The van der Waals surface area contributed by atoms with Crippen LogP contribution in [0.25, 0.3) is 0 Å². The Kier molecular flexibility index (Phi) is 4.50. The number of carboxylic acids is 1. The molecule has 1 aliphatic rings. The largest absolute Gasteiger partial charge is 0.481 e. The summed E-state index contributed by atoms with van der Waals surface area (Å²) >= 11 is 0. The quantitative estimate of drug-likeness (QED) is 0.598. The van der Waals surface area contributed by atoms with Gasteiger partial charge in [0.1, 0.15) is 5.60 Å². The molecule has 0 aromatic carbocycles. The maximum atomic E-state index is 10.6. The number of hydrogen-bond acceptors (Lipinski definition) is 4. The zero-order chi connectivity index (χ0) is 11.3. The summed E-state index contributed by atoms with van der Waals surface area (Å²) in [5.41, 5.74) is -0.508. The molecule has 88 valence electrons. The Morgan fingerprint density at radius 3 is 2.53 bits per heavy atom. The summed E-state index contributed by atoms with van der Waals surface area (Å²) in [5.74, 6) is -0.818. The minimum absolute atomic E-state index is 0.0572. The molecule has 1 saturated heterocycles. The first-order chi connectivity index (χ1) is 7.04. The van der Waals surface area contributed by atoms with Crippen molar-refractivity contribution in [3.05, 3.63) is 0 Å². The smallest absolute Gasteiger partial charge is 0.306 e. The summed E-state index contributed by atoms with van der Waals surface area (Å²) in [4.78, 5) is 10.6. The van der Waals surface area contributed by atoms with Crippen LogP contribution in [0.15, 0.2) is 0 Å². The van der Waals surface area contributed by atoms with Crippen LogP contribution in [-0.2, 0) is 14.3 Å². The molecule has 0 saturated carbocycles. The zero-order valence-corrected chi connectivity index (χ0v) is 9.28. The molecule has 0 radical (unpaired) electrons. The number of carbonyl (C=O) groups is 1. The van der Waals surface area contributed by atoms with Crippen LogP contribution in [0.5, 0.6) is 0 Å². The fourth-order valence-electron chi connectivity index (χ4n) is 1.50. The van der Waals surface area contributed by atoms with E-state index in [1.807, 2.05) is 13.8 Å². The van der Waals surface area contributed by atoms with E-state index in [2.05, 4.69) is 5.32 Å². The predicted octanol–water partition coefficient (Wildman–Crippen LogP) is 0.245. The second kappa shape index (κ2) is 5.44.